The molecular formula is C34H37F3N4O4. The molecule has 2 N–H and O–H groups in total. The number of amides is 2. The normalized spacial score (nSPS) is 23.4. The van der Waals surface area contributed by atoms with E-state index in [1.807, 2.05) is 18.2 Å². The van der Waals surface area contributed by atoms with Crippen molar-refractivity contribution in [2.75, 3.05) is 25.1 Å². The van der Waals surface area contributed by atoms with Gasteiger partial charge < -0.3 is 20.1 Å². The van der Waals surface area contributed by atoms with Crippen LogP contribution in [-0.4, -0.2) is 48.1 Å². The first kappa shape index (κ1) is 30.7. The Morgan fingerprint density at radius 3 is 2.42 bits per heavy atom. The van der Waals surface area contributed by atoms with Crippen molar-refractivity contribution in [1.82, 2.24) is 9.88 Å². The van der Waals surface area contributed by atoms with Gasteiger partial charge in [0.2, 0.25) is 5.91 Å². The van der Waals surface area contributed by atoms with Gasteiger partial charge >= 0.3 is 12.3 Å². The summed E-state index contributed by atoms with van der Waals surface area (Å²) in [5.74, 6) is 1.39. The highest BCUT2D eigenvalue weighted by atomic mass is 19.4. The van der Waals surface area contributed by atoms with E-state index in [1.165, 1.54) is 11.0 Å². The number of methoxy groups -OCH3 is 1. The van der Waals surface area contributed by atoms with E-state index >= 15 is 0 Å². The second-order valence-electron chi connectivity index (χ2n) is 12.2. The van der Waals surface area contributed by atoms with E-state index in [1.54, 1.807) is 20.1 Å². The molecule has 2 saturated heterocycles. The largest absolute Gasteiger partial charge is 0.496 e. The first-order chi connectivity index (χ1) is 21.5. The molecule has 1 saturated carbocycles. The van der Waals surface area contributed by atoms with Gasteiger partial charge in [0.25, 0.3) is 0 Å². The first-order valence-electron chi connectivity index (χ1n) is 15.4. The molecule has 45 heavy (non-hydrogen) atoms. The number of aromatic nitrogens is 1. The van der Waals surface area contributed by atoms with Crippen molar-refractivity contribution in [2.45, 2.75) is 69.8 Å². The highest BCUT2D eigenvalue weighted by Crippen LogP contribution is 2.42. The van der Waals surface area contributed by atoms with Crippen molar-refractivity contribution in [1.29, 1.82) is 0 Å². The van der Waals surface area contributed by atoms with Crippen LogP contribution in [0.2, 0.25) is 0 Å². The number of hydrogen-bond donors (Lipinski definition) is 1. The average molecular weight is 623 g/mol. The van der Waals surface area contributed by atoms with E-state index in [9.17, 15) is 22.8 Å². The number of anilines is 1. The fraction of sp³-hybridized carbons (Fsp3) is 0.441. The van der Waals surface area contributed by atoms with Crippen molar-refractivity contribution >= 4 is 17.8 Å². The Morgan fingerprint density at radius 1 is 1.02 bits per heavy atom. The number of alkyl halides is 3. The molecule has 8 nitrogen and oxygen atoms in total. The molecule has 3 aromatic rings. The number of carbonyl (C=O) groups is 2. The van der Waals surface area contributed by atoms with E-state index in [2.05, 4.69) is 17.0 Å². The standard InChI is InChI=1S/C34H37F3N4O4/c1-20-31(24-5-3-6-25(17-24)34(35,36)37)45-33(43)41(20)19-28-26(12-14-30(39-28)40-15-4-16-40)27-18-23(11-13-29(27)44-2)21-7-9-22(10-8-21)32(38)42/h3,5-6,11-14,17-18,20-22,31H,4,7-10,15-16,19H2,1-2H3,(H2,38,42)/t20-,21-,22-,31-/m0/s1. The zero-order chi connectivity index (χ0) is 31.9. The number of rotatable bonds is 8. The third-order valence-electron chi connectivity index (χ3n) is 9.51. The molecule has 11 heteroatoms. The predicted molar refractivity (Wildman–Crippen MR) is 163 cm³/mol. The van der Waals surface area contributed by atoms with E-state index in [0.717, 1.165) is 79.8 Å². The highest BCUT2D eigenvalue weighted by Gasteiger charge is 2.41. The molecule has 1 aromatic heterocycles. The zero-order valence-electron chi connectivity index (χ0n) is 25.3. The van der Waals surface area contributed by atoms with Crippen molar-refractivity contribution in [3.63, 3.8) is 0 Å². The minimum absolute atomic E-state index is 0.0919. The summed E-state index contributed by atoms with van der Waals surface area (Å²) in [6, 6.07) is 14.5. The van der Waals surface area contributed by atoms with Crippen LogP contribution in [0.3, 0.4) is 0 Å². The Hall–Kier alpha value is -4.28. The molecule has 3 aliphatic rings. The Morgan fingerprint density at radius 2 is 1.78 bits per heavy atom. The number of halogens is 3. The Labute approximate surface area is 260 Å². The number of benzene rings is 2. The number of nitrogens with two attached hydrogens (primary N) is 1. The smallest absolute Gasteiger partial charge is 0.416 e. The minimum atomic E-state index is -4.51. The molecule has 3 fully saturated rings. The maximum absolute atomic E-state index is 13.4. The summed E-state index contributed by atoms with van der Waals surface area (Å²) in [6.07, 6.45) is -1.71. The van der Waals surface area contributed by atoms with E-state index in [0.29, 0.717) is 11.4 Å². The number of pyridine rings is 1. The summed E-state index contributed by atoms with van der Waals surface area (Å²) < 4.78 is 51.7. The van der Waals surface area contributed by atoms with Gasteiger partial charge in [-0.25, -0.2) is 9.78 Å². The first-order valence-corrected chi connectivity index (χ1v) is 15.4. The summed E-state index contributed by atoms with van der Waals surface area (Å²) in [5, 5.41) is 0. The molecule has 3 heterocycles. The van der Waals surface area contributed by atoms with Crippen LogP contribution in [0.5, 0.6) is 5.75 Å². The Balaban J connectivity index is 1.33. The van der Waals surface area contributed by atoms with Gasteiger partial charge in [-0.3, -0.25) is 9.69 Å². The van der Waals surface area contributed by atoms with Crippen LogP contribution in [0, 0.1) is 5.92 Å². The summed E-state index contributed by atoms with van der Waals surface area (Å²) in [6.45, 7) is 3.65. The van der Waals surface area contributed by atoms with E-state index < -0.39 is 30.0 Å². The quantitative estimate of drug-likeness (QED) is 0.296. The van der Waals surface area contributed by atoms with Crippen molar-refractivity contribution in [2.24, 2.45) is 11.7 Å². The van der Waals surface area contributed by atoms with Crippen LogP contribution >= 0.6 is 0 Å². The maximum atomic E-state index is 13.4. The van der Waals surface area contributed by atoms with Crippen molar-refractivity contribution in [3.05, 3.63) is 77.0 Å². The molecule has 6 rings (SSSR count). The fourth-order valence-corrected chi connectivity index (χ4v) is 6.69. The number of hydrogen-bond acceptors (Lipinski definition) is 6. The van der Waals surface area contributed by atoms with Gasteiger partial charge in [-0.15, -0.1) is 0 Å². The van der Waals surface area contributed by atoms with Crippen molar-refractivity contribution in [3.8, 4) is 16.9 Å². The molecule has 1 aliphatic carbocycles. The van der Waals surface area contributed by atoms with Gasteiger partial charge in [0.05, 0.1) is 31.0 Å². The lowest BCUT2D eigenvalue weighted by atomic mass is 9.78. The van der Waals surface area contributed by atoms with Gasteiger partial charge in [0.15, 0.2) is 0 Å². The van der Waals surface area contributed by atoms with Gasteiger partial charge in [0, 0.05) is 30.1 Å². The van der Waals surface area contributed by atoms with Crippen LogP contribution in [0.25, 0.3) is 11.1 Å². The zero-order valence-corrected chi connectivity index (χ0v) is 25.3. The maximum Gasteiger partial charge on any atom is 0.416 e. The number of nitrogens with zero attached hydrogens (tertiary/aromatic N) is 3. The summed E-state index contributed by atoms with van der Waals surface area (Å²) in [5.41, 5.74) is 8.46. The molecule has 0 unspecified atom stereocenters. The number of carbonyl (C=O) groups excluding carboxylic acids is 2. The van der Waals surface area contributed by atoms with Gasteiger partial charge in [-0.05, 0) is 92.5 Å². The Bertz CT molecular complexity index is 1580. The SMILES string of the molecule is COc1ccc([C@H]2CC[C@H](C(N)=O)CC2)cc1-c1ccc(N2CCC2)nc1CN1C(=O)O[C@H](c2cccc(C(F)(F)F)c2)[C@@H]1C. The van der Waals surface area contributed by atoms with Gasteiger partial charge in [-0.1, -0.05) is 18.2 Å². The van der Waals surface area contributed by atoms with Crippen LogP contribution in [-0.2, 0) is 22.3 Å². The monoisotopic (exact) mass is 622 g/mol. The van der Waals surface area contributed by atoms with E-state index in [-0.39, 0.29) is 29.9 Å². The minimum Gasteiger partial charge on any atom is -0.496 e. The van der Waals surface area contributed by atoms with Crippen LogP contribution in [0.1, 0.15) is 73.4 Å². The third-order valence-corrected chi connectivity index (χ3v) is 9.51. The summed E-state index contributed by atoms with van der Waals surface area (Å²) in [4.78, 5) is 33.7. The molecular weight excluding hydrogens is 585 g/mol. The summed E-state index contributed by atoms with van der Waals surface area (Å²) in [7, 11) is 1.61. The number of primary amides is 1. The molecule has 0 bridgehead atoms. The lowest BCUT2D eigenvalue weighted by Crippen LogP contribution is -2.38. The average Bonchev–Trinajstić information content (AvgIpc) is 3.28. The fourth-order valence-electron chi connectivity index (χ4n) is 6.69. The molecule has 0 radical (unpaired) electrons. The number of cyclic esters (lactones) is 1. The van der Waals surface area contributed by atoms with Crippen LogP contribution < -0.4 is 15.4 Å². The Kier molecular flexibility index (Phi) is 8.37. The molecule has 2 amide bonds. The third kappa shape index (κ3) is 6.17. The molecule has 0 spiro atoms. The van der Waals surface area contributed by atoms with E-state index in [4.69, 9.17) is 20.2 Å². The molecule has 2 aliphatic heterocycles. The lowest BCUT2D eigenvalue weighted by molar-refractivity contribution is -0.137. The number of ether oxygens (including phenoxy) is 2. The van der Waals surface area contributed by atoms with Crippen LogP contribution in [0.15, 0.2) is 54.6 Å². The topological polar surface area (TPSA) is 98.0 Å². The second-order valence-corrected chi connectivity index (χ2v) is 12.2. The summed E-state index contributed by atoms with van der Waals surface area (Å²) >= 11 is 0. The van der Waals surface area contributed by atoms with Crippen molar-refractivity contribution < 1.29 is 32.2 Å². The highest BCUT2D eigenvalue weighted by molar-refractivity contribution is 5.77. The van der Waals surface area contributed by atoms with Gasteiger partial charge in [0.1, 0.15) is 17.7 Å². The molecule has 238 valence electrons. The predicted octanol–water partition coefficient (Wildman–Crippen LogP) is 6.83. The molecule has 2 atom stereocenters. The molecule has 2 aromatic carbocycles. The van der Waals surface area contributed by atoms with Gasteiger partial charge in [-0.2, -0.15) is 13.2 Å². The lowest BCUT2D eigenvalue weighted by Gasteiger charge is -2.33. The second kappa shape index (κ2) is 12.3. The van der Waals surface area contributed by atoms with Crippen LogP contribution in [0.4, 0.5) is 23.8 Å².